The summed E-state index contributed by atoms with van der Waals surface area (Å²) in [5.41, 5.74) is 3.46. The Balaban J connectivity index is 1.97. The highest BCUT2D eigenvalue weighted by Crippen LogP contribution is 2.44. The topological polar surface area (TPSA) is 21.6 Å². The van der Waals surface area contributed by atoms with Crippen LogP contribution in [0.5, 0.6) is 0 Å². The van der Waals surface area contributed by atoms with Crippen LogP contribution in [-0.4, -0.2) is 25.3 Å². The second-order valence-electron chi connectivity index (χ2n) is 6.35. The number of alkyl halides is 2. The van der Waals surface area contributed by atoms with E-state index in [-0.39, 0.29) is 12.8 Å². The predicted molar refractivity (Wildman–Crippen MR) is 70.4 cm³/mol. The quantitative estimate of drug-likeness (QED) is 0.487. The van der Waals surface area contributed by atoms with Gasteiger partial charge in [0, 0.05) is 19.3 Å². The van der Waals surface area contributed by atoms with Crippen LogP contribution in [0.15, 0.2) is 5.16 Å². The Labute approximate surface area is 108 Å². The van der Waals surface area contributed by atoms with E-state index in [9.17, 15) is 8.78 Å². The van der Waals surface area contributed by atoms with Crippen molar-refractivity contribution in [3.8, 4) is 11.5 Å². The molecule has 1 aliphatic carbocycles. The minimum atomic E-state index is -2.53. The van der Waals surface area contributed by atoms with Crippen LogP contribution >= 0.6 is 0 Å². The molecular weight excluding hydrogens is 252 g/mol. The monoisotopic (exact) mass is 271 g/mol. The third kappa shape index (κ3) is 3.32. The standard InChI is InChI=1S/C13H19F2NOSi/c1-18(2,3)9-4-11-10-12(17-16-11)5-7-13(14,15)8-6-12/h5-8,10H2,1-3H3. The molecule has 100 valence electrons. The van der Waals surface area contributed by atoms with Crippen molar-refractivity contribution in [1.29, 1.82) is 0 Å². The summed E-state index contributed by atoms with van der Waals surface area (Å²) in [6.07, 6.45) is 1.15. The molecule has 0 N–H and O–H groups in total. The van der Waals surface area contributed by atoms with Gasteiger partial charge in [0.2, 0.25) is 5.92 Å². The lowest BCUT2D eigenvalue weighted by atomic mass is 9.80. The van der Waals surface area contributed by atoms with Crippen LogP contribution in [0.4, 0.5) is 8.78 Å². The smallest absolute Gasteiger partial charge is 0.248 e. The van der Waals surface area contributed by atoms with Crippen LogP contribution < -0.4 is 0 Å². The number of hydrogen-bond acceptors (Lipinski definition) is 2. The molecule has 1 heterocycles. The van der Waals surface area contributed by atoms with Gasteiger partial charge in [0.05, 0.1) is 0 Å². The summed E-state index contributed by atoms with van der Waals surface area (Å²) < 4.78 is 26.3. The van der Waals surface area contributed by atoms with Crippen LogP contribution in [0, 0.1) is 11.5 Å². The van der Waals surface area contributed by atoms with Gasteiger partial charge >= 0.3 is 0 Å². The predicted octanol–water partition coefficient (Wildman–Crippen LogP) is 3.59. The van der Waals surface area contributed by atoms with Crippen molar-refractivity contribution in [1.82, 2.24) is 0 Å². The fourth-order valence-corrected chi connectivity index (χ4v) is 2.71. The molecule has 1 fully saturated rings. The van der Waals surface area contributed by atoms with E-state index in [1.54, 1.807) is 0 Å². The molecule has 1 aliphatic heterocycles. The molecule has 0 unspecified atom stereocenters. The highest BCUT2D eigenvalue weighted by molar-refractivity contribution is 6.84. The molecule has 0 aromatic rings. The second-order valence-corrected chi connectivity index (χ2v) is 11.1. The van der Waals surface area contributed by atoms with Crippen LogP contribution in [0.3, 0.4) is 0 Å². The average molecular weight is 271 g/mol. The van der Waals surface area contributed by atoms with Crippen LogP contribution in [-0.2, 0) is 4.84 Å². The zero-order chi connectivity index (χ0) is 13.4. The lowest BCUT2D eigenvalue weighted by molar-refractivity contribution is -0.119. The summed E-state index contributed by atoms with van der Waals surface area (Å²) in [5, 5.41) is 3.98. The molecule has 0 radical (unpaired) electrons. The SMILES string of the molecule is C[Si](C)(C)C#CC1=NOC2(CCC(F)(F)CC2)C1. The van der Waals surface area contributed by atoms with Gasteiger partial charge in [-0.2, -0.15) is 0 Å². The maximum Gasteiger partial charge on any atom is 0.248 e. The molecule has 18 heavy (non-hydrogen) atoms. The number of nitrogens with zero attached hydrogens (tertiary/aromatic N) is 1. The first kappa shape index (κ1) is 13.5. The molecule has 0 amide bonds. The summed E-state index contributed by atoms with van der Waals surface area (Å²) in [5.74, 6) is 0.537. The Morgan fingerprint density at radius 2 is 1.78 bits per heavy atom. The van der Waals surface area contributed by atoms with E-state index in [0.717, 1.165) is 5.71 Å². The van der Waals surface area contributed by atoms with Gasteiger partial charge in [-0.3, -0.25) is 0 Å². The first-order valence-electron chi connectivity index (χ1n) is 6.36. The molecule has 2 aliphatic rings. The average Bonchev–Trinajstić information content (AvgIpc) is 2.64. The van der Waals surface area contributed by atoms with Gasteiger partial charge in [0.15, 0.2) is 0 Å². The Morgan fingerprint density at radius 1 is 1.17 bits per heavy atom. The molecule has 1 spiro atoms. The van der Waals surface area contributed by atoms with Crippen molar-refractivity contribution in [2.45, 2.75) is 63.3 Å². The number of hydrogen-bond donors (Lipinski definition) is 0. The number of oxime groups is 1. The molecule has 2 nitrogen and oxygen atoms in total. The molecule has 0 bridgehead atoms. The summed E-state index contributed by atoms with van der Waals surface area (Å²) in [6.45, 7) is 6.48. The summed E-state index contributed by atoms with van der Waals surface area (Å²) in [4.78, 5) is 5.42. The fraction of sp³-hybridized carbons (Fsp3) is 0.769. The Bertz CT molecular complexity index is 418. The van der Waals surface area contributed by atoms with Crippen molar-refractivity contribution in [3.63, 3.8) is 0 Å². The summed E-state index contributed by atoms with van der Waals surface area (Å²) >= 11 is 0. The van der Waals surface area contributed by atoms with E-state index in [2.05, 4.69) is 36.3 Å². The Kier molecular flexibility index (Phi) is 3.26. The third-order valence-electron chi connectivity index (χ3n) is 3.31. The van der Waals surface area contributed by atoms with Gasteiger partial charge in [-0.1, -0.05) is 30.7 Å². The first-order chi connectivity index (χ1) is 8.20. The van der Waals surface area contributed by atoms with Crippen LogP contribution in [0.25, 0.3) is 0 Å². The molecular formula is C13H19F2NOSi. The molecule has 1 saturated carbocycles. The molecule has 0 atom stereocenters. The number of rotatable bonds is 0. The molecule has 5 heteroatoms. The van der Waals surface area contributed by atoms with E-state index in [1.807, 2.05) is 0 Å². The fourth-order valence-electron chi connectivity index (χ4n) is 2.19. The van der Waals surface area contributed by atoms with Crippen molar-refractivity contribution in [2.75, 3.05) is 0 Å². The van der Waals surface area contributed by atoms with Gasteiger partial charge < -0.3 is 4.84 Å². The Hall–Kier alpha value is -0.893. The molecule has 0 aromatic heterocycles. The van der Waals surface area contributed by atoms with Crippen molar-refractivity contribution >= 4 is 13.8 Å². The van der Waals surface area contributed by atoms with Gasteiger partial charge in [-0.15, -0.1) is 5.54 Å². The van der Waals surface area contributed by atoms with Crippen molar-refractivity contribution < 1.29 is 13.6 Å². The van der Waals surface area contributed by atoms with Crippen LogP contribution in [0.1, 0.15) is 32.1 Å². The zero-order valence-electron chi connectivity index (χ0n) is 11.1. The lowest BCUT2D eigenvalue weighted by Crippen LogP contribution is -2.38. The van der Waals surface area contributed by atoms with E-state index >= 15 is 0 Å². The first-order valence-corrected chi connectivity index (χ1v) is 9.86. The zero-order valence-corrected chi connectivity index (χ0v) is 12.1. The number of halogens is 2. The normalized spacial score (nSPS) is 25.1. The van der Waals surface area contributed by atoms with E-state index in [0.29, 0.717) is 19.3 Å². The van der Waals surface area contributed by atoms with E-state index in [1.165, 1.54) is 0 Å². The van der Waals surface area contributed by atoms with Gasteiger partial charge in [0.25, 0.3) is 0 Å². The van der Waals surface area contributed by atoms with Gasteiger partial charge in [-0.25, -0.2) is 8.78 Å². The summed E-state index contributed by atoms with van der Waals surface area (Å²) in [6, 6.07) is 0. The minimum absolute atomic E-state index is 0.1000. The minimum Gasteiger partial charge on any atom is -0.388 e. The largest absolute Gasteiger partial charge is 0.388 e. The lowest BCUT2D eigenvalue weighted by Gasteiger charge is -2.34. The van der Waals surface area contributed by atoms with Gasteiger partial charge in [0.1, 0.15) is 19.4 Å². The molecule has 0 aromatic carbocycles. The van der Waals surface area contributed by atoms with Gasteiger partial charge in [-0.05, 0) is 12.8 Å². The molecule has 2 rings (SSSR count). The Morgan fingerprint density at radius 3 is 2.33 bits per heavy atom. The maximum absolute atomic E-state index is 13.1. The van der Waals surface area contributed by atoms with Crippen LogP contribution in [0.2, 0.25) is 19.6 Å². The van der Waals surface area contributed by atoms with Crippen molar-refractivity contribution in [2.24, 2.45) is 5.16 Å². The third-order valence-corrected chi connectivity index (χ3v) is 4.19. The maximum atomic E-state index is 13.1. The summed E-state index contributed by atoms with van der Waals surface area (Å²) in [7, 11) is -1.43. The molecule has 0 saturated heterocycles. The highest BCUT2D eigenvalue weighted by Gasteiger charge is 2.48. The van der Waals surface area contributed by atoms with E-state index in [4.69, 9.17) is 4.84 Å². The van der Waals surface area contributed by atoms with E-state index < -0.39 is 19.6 Å². The second kappa shape index (κ2) is 4.34. The van der Waals surface area contributed by atoms with Crippen molar-refractivity contribution in [3.05, 3.63) is 0 Å². The highest BCUT2D eigenvalue weighted by atomic mass is 28.3.